The average Bonchev–Trinajstić information content (AvgIpc) is 3.14. The van der Waals surface area contributed by atoms with Crippen LogP contribution in [-0.2, 0) is 11.2 Å². The molecular formula is C22H36IN5O. The maximum absolute atomic E-state index is 5.99. The van der Waals surface area contributed by atoms with Crippen molar-refractivity contribution in [3.63, 3.8) is 0 Å². The predicted molar refractivity (Wildman–Crippen MR) is 131 cm³/mol. The number of benzene rings is 1. The van der Waals surface area contributed by atoms with Crippen LogP contribution >= 0.6 is 24.0 Å². The van der Waals surface area contributed by atoms with Gasteiger partial charge in [-0.3, -0.25) is 4.99 Å². The van der Waals surface area contributed by atoms with E-state index in [1.54, 1.807) is 0 Å². The summed E-state index contributed by atoms with van der Waals surface area (Å²) in [6.07, 6.45) is 9.90. The van der Waals surface area contributed by atoms with Gasteiger partial charge in [-0.15, -0.1) is 24.0 Å². The third-order valence-corrected chi connectivity index (χ3v) is 5.14. The predicted octanol–water partition coefficient (Wildman–Crippen LogP) is 4.41. The second-order valence-corrected chi connectivity index (χ2v) is 7.48. The first-order chi connectivity index (χ1) is 13.8. The Balaban J connectivity index is 0.00000300. The van der Waals surface area contributed by atoms with Crippen molar-refractivity contribution in [3.05, 3.63) is 30.1 Å². The molecule has 162 valence electrons. The number of guanidine groups is 1. The first-order valence-electron chi connectivity index (χ1n) is 10.9. The fourth-order valence-electron chi connectivity index (χ4n) is 3.66. The summed E-state index contributed by atoms with van der Waals surface area (Å²) in [5, 5.41) is 6.73. The highest BCUT2D eigenvalue weighted by Crippen LogP contribution is 2.20. The number of fused-ring (bicyclic) bond motifs is 1. The Labute approximate surface area is 191 Å². The number of aryl methyl sites for hydroxylation is 1. The fraction of sp³-hybridized carbons (Fsp3) is 0.636. The largest absolute Gasteiger partial charge is 0.378 e. The maximum Gasteiger partial charge on any atom is 0.191 e. The smallest absolute Gasteiger partial charge is 0.191 e. The number of ether oxygens (including phenoxy) is 1. The van der Waals surface area contributed by atoms with E-state index in [1.807, 2.05) is 18.2 Å². The number of aromatic nitrogens is 2. The van der Waals surface area contributed by atoms with E-state index in [9.17, 15) is 0 Å². The van der Waals surface area contributed by atoms with E-state index in [4.69, 9.17) is 4.74 Å². The molecule has 6 nitrogen and oxygen atoms in total. The lowest BCUT2D eigenvalue weighted by atomic mass is 9.98. The standard InChI is InChI=1S/C22H35N5O.HI/c1-2-23-22(25-16-9-17-28-18-10-4-3-5-11-18)24-15-8-14-21-26-19-12-6-7-13-20(19)27-21;/h6-7,12-13,18H,2-5,8-11,14-17H2,1H3,(H,26,27)(H2,23,24,25);1H. The summed E-state index contributed by atoms with van der Waals surface area (Å²) < 4.78 is 5.99. The molecule has 0 unspecified atom stereocenters. The number of hydrogen-bond donors (Lipinski definition) is 3. The molecule has 0 bridgehead atoms. The van der Waals surface area contributed by atoms with Crippen LogP contribution in [0.4, 0.5) is 0 Å². The van der Waals surface area contributed by atoms with E-state index in [1.165, 1.54) is 32.1 Å². The highest BCUT2D eigenvalue weighted by atomic mass is 127. The third-order valence-electron chi connectivity index (χ3n) is 5.14. The van der Waals surface area contributed by atoms with Crippen LogP contribution in [0.5, 0.6) is 0 Å². The summed E-state index contributed by atoms with van der Waals surface area (Å²) in [7, 11) is 0. The van der Waals surface area contributed by atoms with Gasteiger partial charge in [0.2, 0.25) is 0 Å². The van der Waals surface area contributed by atoms with Gasteiger partial charge < -0.3 is 20.4 Å². The molecule has 1 aromatic heterocycles. The minimum absolute atomic E-state index is 0. The third kappa shape index (κ3) is 8.50. The first kappa shape index (κ1) is 23.9. The molecule has 0 atom stereocenters. The number of para-hydroxylation sites is 2. The van der Waals surface area contributed by atoms with E-state index in [-0.39, 0.29) is 24.0 Å². The molecule has 0 aliphatic heterocycles. The normalized spacial score (nSPS) is 15.3. The van der Waals surface area contributed by atoms with Gasteiger partial charge in [0.1, 0.15) is 5.82 Å². The zero-order chi connectivity index (χ0) is 19.4. The van der Waals surface area contributed by atoms with Crippen molar-refractivity contribution in [2.24, 2.45) is 4.99 Å². The van der Waals surface area contributed by atoms with Gasteiger partial charge in [0, 0.05) is 32.7 Å². The van der Waals surface area contributed by atoms with Crippen LogP contribution in [0.15, 0.2) is 29.3 Å². The van der Waals surface area contributed by atoms with Crippen molar-refractivity contribution >= 4 is 41.0 Å². The average molecular weight is 513 g/mol. The fourth-order valence-corrected chi connectivity index (χ4v) is 3.66. The lowest BCUT2D eigenvalue weighted by molar-refractivity contribution is 0.0277. The Morgan fingerprint density at radius 3 is 2.79 bits per heavy atom. The molecule has 0 spiro atoms. The number of aliphatic imine (C=N–C) groups is 1. The molecular weight excluding hydrogens is 477 g/mol. The van der Waals surface area contributed by atoms with Gasteiger partial charge in [-0.2, -0.15) is 0 Å². The molecule has 29 heavy (non-hydrogen) atoms. The summed E-state index contributed by atoms with van der Waals surface area (Å²) in [5.74, 6) is 1.93. The van der Waals surface area contributed by atoms with Crippen molar-refractivity contribution in [2.75, 3.05) is 26.2 Å². The van der Waals surface area contributed by atoms with Crippen molar-refractivity contribution in [1.82, 2.24) is 20.6 Å². The molecule has 0 saturated heterocycles. The SMILES string of the molecule is CCNC(=NCCCc1nc2ccccc2[nH]1)NCCCOC1CCCCC1.I. The minimum atomic E-state index is 0. The van der Waals surface area contributed by atoms with Gasteiger partial charge in [0.05, 0.1) is 17.1 Å². The molecule has 1 aliphatic rings. The van der Waals surface area contributed by atoms with Crippen molar-refractivity contribution in [2.45, 2.75) is 64.4 Å². The van der Waals surface area contributed by atoms with Crippen molar-refractivity contribution in [3.8, 4) is 0 Å². The van der Waals surface area contributed by atoms with E-state index in [0.29, 0.717) is 6.10 Å². The summed E-state index contributed by atoms with van der Waals surface area (Å²) >= 11 is 0. The Morgan fingerprint density at radius 1 is 1.17 bits per heavy atom. The van der Waals surface area contributed by atoms with E-state index in [0.717, 1.165) is 68.3 Å². The molecule has 0 amide bonds. The van der Waals surface area contributed by atoms with Crippen LogP contribution in [0.3, 0.4) is 0 Å². The number of imidazole rings is 1. The summed E-state index contributed by atoms with van der Waals surface area (Å²) in [5.41, 5.74) is 2.14. The van der Waals surface area contributed by atoms with Crippen LogP contribution in [-0.4, -0.2) is 48.3 Å². The molecule has 1 saturated carbocycles. The lowest BCUT2D eigenvalue weighted by Gasteiger charge is -2.22. The molecule has 2 aromatic rings. The second kappa shape index (κ2) is 13.8. The molecule has 3 N–H and O–H groups in total. The van der Waals surface area contributed by atoms with Crippen molar-refractivity contribution in [1.29, 1.82) is 0 Å². The molecule has 3 rings (SSSR count). The van der Waals surface area contributed by atoms with Crippen LogP contribution in [0.25, 0.3) is 11.0 Å². The quantitative estimate of drug-likeness (QED) is 0.191. The van der Waals surface area contributed by atoms with Crippen LogP contribution in [0, 0.1) is 0 Å². The lowest BCUT2D eigenvalue weighted by Crippen LogP contribution is -2.38. The highest BCUT2D eigenvalue weighted by molar-refractivity contribution is 14.0. The Kier molecular flexibility index (Phi) is 11.4. The van der Waals surface area contributed by atoms with Gasteiger partial charge in [-0.05, 0) is 44.7 Å². The van der Waals surface area contributed by atoms with Gasteiger partial charge >= 0.3 is 0 Å². The number of rotatable bonds is 10. The minimum Gasteiger partial charge on any atom is -0.378 e. The zero-order valence-corrected chi connectivity index (χ0v) is 19.9. The monoisotopic (exact) mass is 513 g/mol. The Hall–Kier alpha value is -1.35. The van der Waals surface area contributed by atoms with Gasteiger partial charge in [0.25, 0.3) is 0 Å². The number of hydrogen-bond acceptors (Lipinski definition) is 3. The number of nitrogens with zero attached hydrogens (tertiary/aromatic N) is 2. The molecule has 1 aliphatic carbocycles. The highest BCUT2D eigenvalue weighted by Gasteiger charge is 2.12. The van der Waals surface area contributed by atoms with Crippen molar-refractivity contribution < 1.29 is 4.74 Å². The molecule has 7 heteroatoms. The molecule has 1 heterocycles. The number of aromatic amines is 1. The van der Waals surface area contributed by atoms with Crippen LogP contribution in [0.2, 0.25) is 0 Å². The number of halogens is 1. The molecule has 1 fully saturated rings. The van der Waals surface area contributed by atoms with Gasteiger partial charge in [-0.25, -0.2) is 4.98 Å². The summed E-state index contributed by atoms with van der Waals surface area (Å²) in [6, 6.07) is 8.16. The Bertz CT molecular complexity index is 694. The van der Waals surface area contributed by atoms with Crippen LogP contribution < -0.4 is 10.6 Å². The number of H-pyrrole nitrogens is 1. The number of nitrogens with one attached hydrogen (secondary N) is 3. The second-order valence-electron chi connectivity index (χ2n) is 7.48. The molecule has 1 aromatic carbocycles. The van der Waals surface area contributed by atoms with Gasteiger partial charge in [-0.1, -0.05) is 31.4 Å². The van der Waals surface area contributed by atoms with Crippen LogP contribution in [0.1, 0.15) is 57.7 Å². The summed E-state index contributed by atoms with van der Waals surface area (Å²) in [4.78, 5) is 12.7. The van der Waals surface area contributed by atoms with Gasteiger partial charge in [0.15, 0.2) is 5.96 Å². The zero-order valence-electron chi connectivity index (χ0n) is 17.6. The first-order valence-corrected chi connectivity index (χ1v) is 10.9. The topological polar surface area (TPSA) is 74.3 Å². The maximum atomic E-state index is 5.99. The van der Waals surface area contributed by atoms with E-state index >= 15 is 0 Å². The molecule has 0 radical (unpaired) electrons. The summed E-state index contributed by atoms with van der Waals surface area (Å²) in [6.45, 7) is 5.47. The van der Waals surface area contributed by atoms with E-state index < -0.39 is 0 Å². The van der Waals surface area contributed by atoms with E-state index in [2.05, 4.69) is 38.6 Å². The Morgan fingerprint density at radius 2 is 2.00 bits per heavy atom.